The van der Waals surface area contributed by atoms with Crippen molar-refractivity contribution in [1.82, 2.24) is 24.6 Å². The highest BCUT2D eigenvalue weighted by atomic mass is 35.5. The molecule has 0 radical (unpaired) electrons. The van der Waals surface area contributed by atoms with Crippen molar-refractivity contribution in [2.24, 2.45) is 0 Å². The molecule has 32 heavy (non-hydrogen) atoms. The fourth-order valence-electron chi connectivity index (χ4n) is 3.39. The summed E-state index contributed by atoms with van der Waals surface area (Å²) in [5.41, 5.74) is 0.901. The predicted octanol–water partition coefficient (Wildman–Crippen LogP) is 2.27. The van der Waals surface area contributed by atoms with E-state index in [0.717, 1.165) is 0 Å². The van der Waals surface area contributed by atoms with Gasteiger partial charge < -0.3 is 14.5 Å². The lowest BCUT2D eigenvalue weighted by molar-refractivity contribution is -0.134. The number of aryl methyl sites for hydroxylation is 1. The average Bonchev–Trinajstić information content (AvgIpc) is 3.12. The summed E-state index contributed by atoms with van der Waals surface area (Å²) in [4.78, 5) is 37.2. The summed E-state index contributed by atoms with van der Waals surface area (Å²) in [6, 6.07) is 7.26. The van der Waals surface area contributed by atoms with Crippen LogP contribution in [0.2, 0.25) is 5.15 Å². The number of carbonyl (C=O) groups excluding carboxylic acids is 2. The van der Waals surface area contributed by atoms with Crippen LogP contribution in [0, 0.1) is 12.7 Å². The number of aromatic nitrogens is 4. The van der Waals surface area contributed by atoms with Crippen LogP contribution in [0.25, 0.3) is 5.69 Å². The Labute approximate surface area is 188 Å². The molecule has 1 aliphatic rings. The van der Waals surface area contributed by atoms with Crippen molar-refractivity contribution in [2.75, 3.05) is 37.7 Å². The zero-order valence-corrected chi connectivity index (χ0v) is 18.0. The van der Waals surface area contributed by atoms with Gasteiger partial charge in [0.2, 0.25) is 5.95 Å². The molecule has 9 nitrogen and oxygen atoms in total. The van der Waals surface area contributed by atoms with Crippen LogP contribution in [0.5, 0.6) is 0 Å². The quantitative estimate of drug-likeness (QED) is 0.541. The molecule has 11 heteroatoms. The number of esters is 1. The van der Waals surface area contributed by atoms with Gasteiger partial charge in [0.25, 0.3) is 5.91 Å². The summed E-state index contributed by atoms with van der Waals surface area (Å²) in [5.74, 6) is -0.824. The van der Waals surface area contributed by atoms with Gasteiger partial charge in [-0.25, -0.2) is 23.8 Å². The monoisotopic (exact) mass is 458 g/mol. The van der Waals surface area contributed by atoms with Crippen LogP contribution >= 0.6 is 11.6 Å². The molecule has 1 aromatic carbocycles. The third-order valence-electron chi connectivity index (χ3n) is 5.07. The van der Waals surface area contributed by atoms with E-state index in [1.807, 2.05) is 4.90 Å². The van der Waals surface area contributed by atoms with Crippen molar-refractivity contribution in [3.8, 4) is 5.69 Å². The van der Waals surface area contributed by atoms with Crippen molar-refractivity contribution in [3.05, 3.63) is 65.0 Å². The topological polar surface area (TPSA) is 93.5 Å². The molecule has 0 spiro atoms. The SMILES string of the molecule is Cc1nn(-c2ccc(F)cc2)c(Cl)c1C(=O)OCC(=O)N1CCN(c2ncccn2)CC1. The van der Waals surface area contributed by atoms with Crippen LogP contribution in [0.15, 0.2) is 42.7 Å². The van der Waals surface area contributed by atoms with Crippen LogP contribution < -0.4 is 4.90 Å². The number of anilines is 1. The lowest BCUT2D eigenvalue weighted by Crippen LogP contribution is -2.50. The second-order valence-corrected chi connectivity index (χ2v) is 7.49. The fourth-order valence-corrected chi connectivity index (χ4v) is 3.73. The van der Waals surface area contributed by atoms with Gasteiger partial charge in [0, 0.05) is 38.6 Å². The minimum Gasteiger partial charge on any atom is -0.452 e. The molecule has 0 saturated carbocycles. The number of piperazine rings is 1. The first-order chi connectivity index (χ1) is 15.4. The van der Waals surface area contributed by atoms with E-state index in [1.54, 1.807) is 30.3 Å². The Bertz CT molecular complexity index is 1110. The highest BCUT2D eigenvalue weighted by Gasteiger charge is 2.26. The van der Waals surface area contributed by atoms with Gasteiger partial charge in [-0.1, -0.05) is 11.6 Å². The molecule has 0 unspecified atom stereocenters. The number of ether oxygens (including phenoxy) is 1. The van der Waals surface area contributed by atoms with Crippen molar-refractivity contribution in [1.29, 1.82) is 0 Å². The molecule has 0 N–H and O–H groups in total. The Kier molecular flexibility index (Phi) is 6.31. The van der Waals surface area contributed by atoms with Gasteiger partial charge in [-0.3, -0.25) is 4.79 Å². The minimum atomic E-state index is -0.745. The number of amides is 1. The maximum Gasteiger partial charge on any atom is 0.343 e. The Morgan fingerprint density at radius 1 is 1.09 bits per heavy atom. The Morgan fingerprint density at radius 3 is 2.41 bits per heavy atom. The number of rotatable bonds is 5. The molecule has 1 saturated heterocycles. The Hall–Kier alpha value is -3.53. The summed E-state index contributed by atoms with van der Waals surface area (Å²) < 4.78 is 19.7. The van der Waals surface area contributed by atoms with Gasteiger partial charge in [-0.15, -0.1) is 0 Å². The first-order valence-electron chi connectivity index (χ1n) is 9.92. The van der Waals surface area contributed by atoms with E-state index in [-0.39, 0.29) is 16.6 Å². The van der Waals surface area contributed by atoms with Gasteiger partial charge in [0.15, 0.2) is 6.61 Å². The molecule has 0 bridgehead atoms. The van der Waals surface area contributed by atoms with E-state index in [0.29, 0.717) is 43.5 Å². The Balaban J connectivity index is 1.35. The van der Waals surface area contributed by atoms with Gasteiger partial charge >= 0.3 is 5.97 Å². The number of hydrogen-bond donors (Lipinski definition) is 0. The summed E-state index contributed by atoms with van der Waals surface area (Å²) in [5, 5.41) is 4.26. The molecular weight excluding hydrogens is 439 g/mol. The zero-order valence-electron chi connectivity index (χ0n) is 17.2. The van der Waals surface area contributed by atoms with Crippen LogP contribution in [0.1, 0.15) is 16.1 Å². The second-order valence-electron chi connectivity index (χ2n) is 7.13. The van der Waals surface area contributed by atoms with Gasteiger partial charge in [-0.05, 0) is 37.3 Å². The van der Waals surface area contributed by atoms with Crippen LogP contribution in [0.4, 0.5) is 10.3 Å². The minimum absolute atomic E-state index is 0.0306. The molecular formula is C21H20ClFN6O3. The normalized spacial score (nSPS) is 13.8. The molecule has 0 aliphatic carbocycles. The molecule has 2 aromatic heterocycles. The highest BCUT2D eigenvalue weighted by molar-refractivity contribution is 6.33. The van der Waals surface area contributed by atoms with E-state index in [9.17, 15) is 14.0 Å². The summed E-state index contributed by atoms with van der Waals surface area (Å²) in [6.07, 6.45) is 3.34. The first-order valence-corrected chi connectivity index (χ1v) is 10.3. The Morgan fingerprint density at radius 2 is 1.75 bits per heavy atom. The third-order valence-corrected chi connectivity index (χ3v) is 5.42. The maximum atomic E-state index is 13.2. The molecule has 4 rings (SSSR count). The highest BCUT2D eigenvalue weighted by Crippen LogP contribution is 2.24. The van der Waals surface area contributed by atoms with Crippen molar-refractivity contribution in [3.63, 3.8) is 0 Å². The number of benzene rings is 1. The fraction of sp³-hybridized carbons (Fsp3) is 0.286. The molecule has 3 heterocycles. The van der Waals surface area contributed by atoms with E-state index in [1.165, 1.54) is 28.9 Å². The molecule has 1 amide bonds. The number of carbonyl (C=O) groups is 2. The number of halogens is 2. The maximum absolute atomic E-state index is 13.2. The van der Waals surface area contributed by atoms with Crippen LogP contribution in [-0.4, -0.2) is 69.3 Å². The third kappa shape index (κ3) is 4.54. The van der Waals surface area contributed by atoms with Gasteiger partial charge in [-0.2, -0.15) is 5.10 Å². The van der Waals surface area contributed by atoms with Gasteiger partial charge in [0.1, 0.15) is 16.5 Å². The predicted molar refractivity (Wildman–Crippen MR) is 114 cm³/mol. The van der Waals surface area contributed by atoms with Crippen molar-refractivity contribution >= 4 is 29.4 Å². The summed E-state index contributed by atoms with van der Waals surface area (Å²) >= 11 is 6.33. The van der Waals surface area contributed by atoms with Crippen LogP contribution in [0.3, 0.4) is 0 Å². The lowest BCUT2D eigenvalue weighted by atomic mass is 10.2. The summed E-state index contributed by atoms with van der Waals surface area (Å²) in [7, 11) is 0. The van der Waals surface area contributed by atoms with Gasteiger partial charge in [0.05, 0.1) is 11.4 Å². The molecule has 1 aliphatic heterocycles. The number of hydrogen-bond acceptors (Lipinski definition) is 7. The smallest absolute Gasteiger partial charge is 0.343 e. The van der Waals surface area contributed by atoms with E-state index in [4.69, 9.17) is 16.3 Å². The standard InChI is InChI=1S/C21H20ClFN6O3/c1-14-18(19(22)29(26-14)16-5-3-15(23)4-6-16)20(31)32-13-17(30)27-9-11-28(12-10-27)21-24-7-2-8-25-21/h2-8H,9-13H2,1H3. The van der Waals surface area contributed by atoms with E-state index < -0.39 is 18.4 Å². The van der Waals surface area contributed by atoms with E-state index in [2.05, 4.69) is 15.1 Å². The first kappa shape index (κ1) is 21.7. The molecule has 166 valence electrons. The molecule has 3 aromatic rings. The molecule has 0 atom stereocenters. The number of nitrogens with zero attached hydrogens (tertiary/aromatic N) is 6. The second kappa shape index (κ2) is 9.31. The van der Waals surface area contributed by atoms with Crippen LogP contribution in [-0.2, 0) is 9.53 Å². The van der Waals surface area contributed by atoms with Crippen molar-refractivity contribution < 1.29 is 18.7 Å². The zero-order chi connectivity index (χ0) is 22.7. The largest absolute Gasteiger partial charge is 0.452 e. The average molecular weight is 459 g/mol. The van der Waals surface area contributed by atoms with Crippen molar-refractivity contribution in [2.45, 2.75) is 6.92 Å². The lowest BCUT2D eigenvalue weighted by Gasteiger charge is -2.34. The van der Waals surface area contributed by atoms with E-state index >= 15 is 0 Å². The summed E-state index contributed by atoms with van der Waals surface area (Å²) in [6.45, 7) is 3.30. The molecule has 1 fully saturated rings.